The van der Waals surface area contributed by atoms with Gasteiger partial charge in [-0.25, -0.2) is 0 Å². The van der Waals surface area contributed by atoms with Crippen molar-refractivity contribution in [3.8, 4) is 11.5 Å². The van der Waals surface area contributed by atoms with Gasteiger partial charge in [0, 0.05) is 15.4 Å². The molecule has 1 rings (SSSR count). The Kier molecular flexibility index (Phi) is 3.40. The first-order valence-electron chi connectivity index (χ1n) is 3.31. The molecule has 0 saturated carbocycles. The average Bonchev–Trinajstić information content (AvgIpc) is 2.06. The molecule has 0 amide bonds. The zero-order chi connectivity index (χ0) is 9.14. The molecule has 4 heteroatoms. The Hall–Kier alpha value is -0.220. The second-order valence-electron chi connectivity index (χ2n) is 2.21. The van der Waals surface area contributed by atoms with Gasteiger partial charge in [-0.3, -0.25) is 0 Å². The van der Waals surface area contributed by atoms with Crippen LogP contribution in [0.4, 0.5) is 0 Å². The molecule has 0 spiro atoms. The fourth-order valence-electron chi connectivity index (χ4n) is 0.882. The van der Waals surface area contributed by atoms with Crippen LogP contribution in [0.25, 0.3) is 0 Å². The van der Waals surface area contributed by atoms with Gasteiger partial charge in [0.15, 0.2) is 11.5 Å². The number of phenolic OH excluding ortho intramolecular Hbond substituents is 1. The molecule has 0 heterocycles. The summed E-state index contributed by atoms with van der Waals surface area (Å²) in [5.41, 5.74) is 0.800. The molecule has 0 saturated heterocycles. The predicted octanol–water partition coefficient (Wildman–Crippen LogP) is 3.06. The van der Waals surface area contributed by atoms with Crippen molar-refractivity contribution in [1.29, 1.82) is 0 Å². The zero-order valence-corrected chi connectivity index (χ0v) is 9.65. The second kappa shape index (κ2) is 4.14. The van der Waals surface area contributed by atoms with Gasteiger partial charge in [-0.05, 0) is 12.1 Å². The Bertz CT molecular complexity index is 287. The number of ether oxygens (including phenoxy) is 1. The van der Waals surface area contributed by atoms with E-state index in [0.29, 0.717) is 11.1 Å². The van der Waals surface area contributed by atoms with E-state index in [1.165, 1.54) is 7.11 Å². The van der Waals surface area contributed by atoms with Crippen LogP contribution in [0.1, 0.15) is 5.56 Å². The molecule has 2 nitrogen and oxygen atoms in total. The van der Waals surface area contributed by atoms with Crippen LogP contribution in [0.3, 0.4) is 0 Å². The summed E-state index contributed by atoms with van der Waals surface area (Å²) in [6.07, 6.45) is 0. The summed E-state index contributed by atoms with van der Waals surface area (Å²) in [7, 11) is 1.53. The molecular weight excluding hydrogens is 288 g/mol. The largest absolute Gasteiger partial charge is 0.504 e. The first-order chi connectivity index (χ1) is 5.70. The van der Waals surface area contributed by atoms with Crippen LogP contribution in [-0.2, 0) is 5.33 Å². The molecule has 0 bridgehead atoms. The van der Waals surface area contributed by atoms with Gasteiger partial charge in [-0.15, -0.1) is 0 Å². The van der Waals surface area contributed by atoms with Gasteiger partial charge in [-0.2, -0.15) is 0 Å². The molecule has 0 aliphatic heterocycles. The molecule has 1 aromatic carbocycles. The molecule has 0 aromatic heterocycles. The number of benzene rings is 1. The molecule has 0 unspecified atom stereocenters. The number of hydrogen-bond donors (Lipinski definition) is 1. The third-order valence-corrected chi connectivity index (χ3v) is 2.85. The predicted molar refractivity (Wildman–Crippen MR) is 55.0 cm³/mol. The van der Waals surface area contributed by atoms with E-state index in [2.05, 4.69) is 31.9 Å². The van der Waals surface area contributed by atoms with Crippen LogP contribution in [0.2, 0.25) is 0 Å². The minimum atomic E-state index is 0.184. The molecule has 0 aliphatic carbocycles. The normalized spacial score (nSPS) is 9.92. The van der Waals surface area contributed by atoms with Gasteiger partial charge in [0.05, 0.1) is 7.11 Å². The van der Waals surface area contributed by atoms with Gasteiger partial charge >= 0.3 is 0 Å². The first-order valence-corrected chi connectivity index (χ1v) is 5.22. The third kappa shape index (κ3) is 1.75. The van der Waals surface area contributed by atoms with Crippen LogP contribution >= 0.6 is 31.9 Å². The van der Waals surface area contributed by atoms with E-state index >= 15 is 0 Å². The van der Waals surface area contributed by atoms with Crippen molar-refractivity contribution in [2.45, 2.75) is 5.33 Å². The minimum absolute atomic E-state index is 0.184. The summed E-state index contributed by atoms with van der Waals surface area (Å²) in [6, 6.07) is 3.56. The van der Waals surface area contributed by atoms with Crippen molar-refractivity contribution >= 4 is 31.9 Å². The zero-order valence-electron chi connectivity index (χ0n) is 6.47. The standard InChI is InChI=1S/C8H8Br2O2/c1-12-7-3-2-6(10)5(4-9)8(7)11/h2-3,11H,4H2,1H3. The Labute approximate surface area is 87.8 Å². The van der Waals surface area contributed by atoms with Crippen LogP contribution in [0, 0.1) is 0 Å². The minimum Gasteiger partial charge on any atom is -0.504 e. The van der Waals surface area contributed by atoms with Crippen LogP contribution in [-0.4, -0.2) is 12.2 Å². The first kappa shape index (κ1) is 9.86. The number of alkyl halides is 1. The summed E-state index contributed by atoms with van der Waals surface area (Å²) in [4.78, 5) is 0. The van der Waals surface area contributed by atoms with Crippen LogP contribution in [0.5, 0.6) is 11.5 Å². The molecule has 0 radical (unpaired) electrons. The lowest BCUT2D eigenvalue weighted by Gasteiger charge is -2.08. The van der Waals surface area contributed by atoms with Gasteiger partial charge in [0.1, 0.15) is 0 Å². The summed E-state index contributed by atoms with van der Waals surface area (Å²) in [5, 5.41) is 10.2. The van der Waals surface area contributed by atoms with Gasteiger partial charge in [0.25, 0.3) is 0 Å². The van der Waals surface area contributed by atoms with E-state index in [4.69, 9.17) is 4.74 Å². The fourth-order valence-corrected chi connectivity index (χ4v) is 2.29. The number of aromatic hydroxyl groups is 1. The van der Waals surface area contributed by atoms with Crippen molar-refractivity contribution in [3.63, 3.8) is 0 Å². The lowest BCUT2D eigenvalue weighted by molar-refractivity contribution is 0.371. The van der Waals surface area contributed by atoms with Crippen molar-refractivity contribution in [3.05, 3.63) is 22.2 Å². The SMILES string of the molecule is COc1ccc(Br)c(CBr)c1O. The molecule has 66 valence electrons. The molecule has 0 aliphatic rings. The van der Waals surface area contributed by atoms with Gasteiger partial charge < -0.3 is 9.84 Å². The van der Waals surface area contributed by atoms with E-state index in [0.717, 1.165) is 10.0 Å². The topological polar surface area (TPSA) is 29.5 Å². The number of methoxy groups -OCH3 is 1. The monoisotopic (exact) mass is 294 g/mol. The Balaban J connectivity index is 3.24. The highest BCUT2D eigenvalue weighted by Gasteiger charge is 2.09. The number of halogens is 2. The highest BCUT2D eigenvalue weighted by molar-refractivity contribution is 9.10. The van der Waals surface area contributed by atoms with Crippen molar-refractivity contribution in [1.82, 2.24) is 0 Å². The molecule has 0 atom stereocenters. The van der Waals surface area contributed by atoms with E-state index in [1.807, 2.05) is 6.07 Å². The fraction of sp³-hybridized carbons (Fsp3) is 0.250. The Morgan fingerprint density at radius 2 is 2.17 bits per heavy atom. The maximum absolute atomic E-state index is 9.58. The second-order valence-corrected chi connectivity index (χ2v) is 3.63. The van der Waals surface area contributed by atoms with Crippen molar-refractivity contribution in [2.24, 2.45) is 0 Å². The summed E-state index contributed by atoms with van der Waals surface area (Å²) < 4.78 is 5.82. The van der Waals surface area contributed by atoms with Gasteiger partial charge in [0.2, 0.25) is 0 Å². The van der Waals surface area contributed by atoms with Crippen LogP contribution in [0.15, 0.2) is 16.6 Å². The van der Waals surface area contributed by atoms with Crippen molar-refractivity contribution in [2.75, 3.05) is 7.11 Å². The summed E-state index contributed by atoms with van der Waals surface area (Å²) in [6.45, 7) is 0. The maximum atomic E-state index is 9.58. The number of phenols is 1. The Morgan fingerprint density at radius 1 is 1.50 bits per heavy atom. The summed E-state index contributed by atoms with van der Waals surface area (Å²) >= 11 is 6.60. The lowest BCUT2D eigenvalue weighted by Crippen LogP contribution is -1.88. The molecule has 1 N–H and O–H groups in total. The average molecular weight is 296 g/mol. The van der Waals surface area contributed by atoms with E-state index < -0.39 is 0 Å². The lowest BCUT2D eigenvalue weighted by atomic mass is 10.2. The summed E-state index contributed by atoms with van der Waals surface area (Å²) in [5.74, 6) is 0.677. The van der Waals surface area contributed by atoms with E-state index in [9.17, 15) is 5.11 Å². The Morgan fingerprint density at radius 3 is 2.67 bits per heavy atom. The highest BCUT2D eigenvalue weighted by Crippen LogP contribution is 2.36. The number of hydrogen-bond acceptors (Lipinski definition) is 2. The van der Waals surface area contributed by atoms with Gasteiger partial charge in [-0.1, -0.05) is 31.9 Å². The molecule has 12 heavy (non-hydrogen) atoms. The van der Waals surface area contributed by atoms with E-state index in [-0.39, 0.29) is 5.75 Å². The maximum Gasteiger partial charge on any atom is 0.162 e. The molecular formula is C8H8Br2O2. The number of rotatable bonds is 2. The quantitative estimate of drug-likeness (QED) is 0.850. The molecule has 0 fully saturated rings. The molecule has 1 aromatic rings. The van der Waals surface area contributed by atoms with Crippen LogP contribution < -0.4 is 4.74 Å². The van der Waals surface area contributed by atoms with Crippen molar-refractivity contribution < 1.29 is 9.84 Å². The highest BCUT2D eigenvalue weighted by atomic mass is 79.9. The smallest absolute Gasteiger partial charge is 0.162 e. The van der Waals surface area contributed by atoms with E-state index in [1.54, 1.807) is 6.07 Å². The third-order valence-electron chi connectivity index (χ3n) is 1.54.